The minimum Gasteiger partial charge on any atom is -0.481 e. The van der Waals surface area contributed by atoms with Crippen molar-refractivity contribution < 1.29 is 18.9 Å². The number of carboxylic acids is 1. The first kappa shape index (κ1) is 22.3. The van der Waals surface area contributed by atoms with Crippen molar-refractivity contribution in [3.8, 4) is 0 Å². The lowest BCUT2D eigenvalue weighted by molar-refractivity contribution is -0.133. The van der Waals surface area contributed by atoms with Crippen LogP contribution in [0.15, 0.2) is 41.3 Å². The Labute approximate surface area is 186 Å². The molecule has 9 heteroatoms. The first-order valence-electron chi connectivity index (χ1n) is 9.05. The fourth-order valence-corrected chi connectivity index (χ4v) is 4.49. The highest BCUT2D eigenvalue weighted by atomic mass is 35.5. The van der Waals surface area contributed by atoms with Gasteiger partial charge in [0.25, 0.3) is 5.91 Å². The summed E-state index contributed by atoms with van der Waals surface area (Å²) < 4.78 is 13.7. The van der Waals surface area contributed by atoms with Crippen molar-refractivity contribution in [2.45, 2.75) is 24.8 Å². The fraction of sp³-hybridized carbons (Fsp3) is 0.238. The van der Waals surface area contributed by atoms with E-state index in [-0.39, 0.29) is 11.9 Å². The molecule has 3 rings (SSSR count). The van der Waals surface area contributed by atoms with E-state index < -0.39 is 22.5 Å². The Morgan fingerprint density at radius 1 is 1.17 bits per heavy atom. The zero-order chi connectivity index (χ0) is 22.2. The summed E-state index contributed by atoms with van der Waals surface area (Å²) in [5.74, 6) is -1.84. The van der Waals surface area contributed by atoms with E-state index in [1.165, 1.54) is 0 Å². The van der Waals surface area contributed by atoms with Crippen LogP contribution in [0.4, 0.5) is 0 Å². The number of aryl methyl sites for hydroxylation is 2. The number of nitrogens with zero attached hydrogens (tertiary/aromatic N) is 1. The minimum atomic E-state index is -1.61. The van der Waals surface area contributed by atoms with E-state index in [4.69, 9.17) is 28.3 Å². The maximum Gasteiger partial charge on any atom is 0.316 e. The van der Waals surface area contributed by atoms with Gasteiger partial charge in [-0.2, -0.15) is 0 Å². The molecular weight excluding hydrogens is 447 g/mol. The highest BCUT2D eigenvalue weighted by Gasteiger charge is 2.19. The third-order valence-corrected chi connectivity index (χ3v) is 7.17. The molecule has 2 unspecified atom stereocenters. The summed E-state index contributed by atoms with van der Waals surface area (Å²) in [7, 11) is 0.182. The number of benzene rings is 2. The number of carboxylic acid groups (broad SMARTS) is 1. The number of carbonyl (C=O) groups excluding carboxylic acids is 1. The van der Waals surface area contributed by atoms with Gasteiger partial charge in [0.15, 0.2) is 0 Å². The molecule has 1 heterocycles. The molecule has 0 radical (unpaired) electrons. The summed E-state index contributed by atoms with van der Waals surface area (Å²) in [4.78, 5) is 24.0. The van der Waals surface area contributed by atoms with Crippen molar-refractivity contribution in [2.75, 3.05) is 5.75 Å². The molecule has 3 aromatic rings. The van der Waals surface area contributed by atoms with E-state index in [9.17, 15) is 13.8 Å². The van der Waals surface area contributed by atoms with Crippen molar-refractivity contribution in [2.24, 2.45) is 7.05 Å². The molecule has 0 aliphatic carbocycles. The first-order valence-corrected chi connectivity index (χ1v) is 11.1. The van der Waals surface area contributed by atoms with Gasteiger partial charge in [0.1, 0.15) is 11.4 Å². The van der Waals surface area contributed by atoms with Gasteiger partial charge < -0.3 is 15.0 Å². The summed E-state index contributed by atoms with van der Waals surface area (Å²) >= 11 is 12.6. The molecule has 0 saturated carbocycles. The molecule has 1 amide bonds. The second-order valence-electron chi connectivity index (χ2n) is 6.99. The number of rotatable bonds is 6. The van der Waals surface area contributed by atoms with Crippen LogP contribution >= 0.6 is 23.2 Å². The van der Waals surface area contributed by atoms with E-state index in [0.29, 0.717) is 26.0 Å². The van der Waals surface area contributed by atoms with Crippen molar-refractivity contribution in [3.05, 3.63) is 63.3 Å². The lowest BCUT2D eigenvalue weighted by Gasteiger charge is -2.15. The average Bonchev–Trinajstić information content (AvgIpc) is 3.02. The number of fused-ring (bicyclic) bond motifs is 1. The Kier molecular flexibility index (Phi) is 6.55. The van der Waals surface area contributed by atoms with Crippen molar-refractivity contribution in [1.82, 2.24) is 9.88 Å². The van der Waals surface area contributed by atoms with E-state index in [1.807, 2.05) is 19.9 Å². The smallest absolute Gasteiger partial charge is 0.316 e. The highest BCUT2D eigenvalue weighted by Crippen LogP contribution is 2.35. The Balaban J connectivity index is 1.80. The SMILES string of the molecule is Cc1cc2c(cc(C(=O)NC(C)c3ccc(S(=O)CC(=O)O)cc3)n2C)c(Cl)c1Cl. The van der Waals surface area contributed by atoms with Crippen LogP contribution in [0.25, 0.3) is 10.9 Å². The highest BCUT2D eigenvalue weighted by molar-refractivity contribution is 7.85. The number of amides is 1. The second kappa shape index (κ2) is 8.79. The maximum atomic E-state index is 12.9. The van der Waals surface area contributed by atoms with Crippen LogP contribution in [0.5, 0.6) is 0 Å². The Hall–Kier alpha value is -2.35. The Morgan fingerprint density at radius 2 is 1.80 bits per heavy atom. The zero-order valence-corrected chi connectivity index (χ0v) is 18.9. The van der Waals surface area contributed by atoms with Crippen LogP contribution < -0.4 is 5.32 Å². The predicted octanol–water partition coefficient (Wildman–Crippen LogP) is 4.48. The Morgan fingerprint density at radius 3 is 2.40 bits per heavy atom. The normalized spacial score (nSPS) is 13.2. The van der Waals surface area contributed by atoms with Crippen LogP contribution in [0.3, 0.4) is 0 Å². The third kappa shape index (κ3) is 4.38. The molecule has 0 bridgehead atoms. The molecule has 0 saturated heterocycles. The second-order valence-corrected chi connectivity index (χ2v) is 9.20. The number of carbonyl (C=O) groups is 2. The number of nitrogens with one attached hydrogen (secondary N) is 1. The van der Waals surface area contributed by atoms with Crippen LogP contribution in [-0.4, -0.2) is 31.5 Å². The van der Waals surface area contributed by atoms with Gasteiger partial charge in [0.05, 0.1) is 32.4 Å². The third-order valence-electron chi connectivity index (χ3n) is 4.89. The number of aliphatic carboxylic acids is 1. The van der Waals surface area contributed by atoms with Crippen LogP contribution in [-0.2, 0) is 22.6 Å². The Bertz CT molecular complexity index is 1170. The summed E-state index contributed by atoms with van der Waals surface area (Å²) in [5.41, 5.74) is 2.88. The largest absolute Gasteiger partial charge is 0.481 e. The summed E-state index contributed by atoms with van der Waals surface area (Å²) in [5, 5.41) is 13.3. The van der Waals surface area contributed by atoms with Crippen molar-refractivity contribution in [1.29, 1.82) is 0 Å². The summed E-state index contributed by atoms with van der Waals surface area (Å²) in [6, 6.07) is 9.95. The topological polar surface area (TPSA) is 88.4 Å². The molecule has 0 aliphatic heterocycles. The van der Waals surface area contributed by atoms with E-state index in [0.717, 1.165) is 16.6 Å². The molecule has 2 aromatic carbocycles. The predicted molar refractivity (Wildman–Crippen MR) is 119 cm³/mol. The average molecular weight is 467 g/mol. The van der Waals surface area contributed by atoms with Gasteiger partial charge in [-0.05, 0) is 49.2 Å². The maximum absolute atomic E-state index is 12.9. The van der Waals surface area contributed by atoms with Crippen LogP contribution in [0.1, 0.15) is 34.6 Å². The van der Waals surface area contributed by atoms with Gasteiger partial charge in [-0.1, -0.05) is 35.3 Å². The van der Waals surface area contributed by atoms with Crippen LogP contribution in [0.2, 0.25) is 10.0 Å². The van der Waals surface area contributed by atoms with E-state index >= 15 is 0 Å². The van der Waals surface area contributed by atoms with Gasteiger partial charge in [0.2, 0.25) is 0 Å². The number of hydrogen-bond acceptors (Lipinski definition) is 3. The monoisotopic (exact) mass is 466 g/mol. The fourth-order valence-electron chi connectivity index (χ4n) is 3.20. The molecule has 30 heavy (non-hydrogen) atoms. The molecule has 0 aliphatic rings. The number of aromatic nitrogens is 1. The molecule has 2 N–H and O–H groups in total. The first-order chi connectivity index (χ1) is 14.1. The quantitative estimate of drug-likeness (QED) is 0.560. The molecular formula is C21H20Cl2N2O4S. The van der Waals surface area contributed by atoms with Gasteiger partial charge >= 0.3 is 5.97 Å². The molecule has 1 aromatic heterocycles. The number of halogens is 2. The van der Waals surface area contributed by atoms with Crippen molar-refractivity contribution in [3.63, 3.8) is 0 Å². The lowest BCUT2D eigenvalue weighted by Crippen LogP contribution is -2.28. The molecule has 6 nitrogen and oxygen atoms in total. The number of hydrogen-bond donors (Lipinski definition) is 2. The van der Waals surface area contributed by atoms with Crippen molar-refractivity contribution >= 4 is 56.8 Å². The summed E-state index contributed by atoms with van der Waals surface area (Å²) in [6.07, 6.45) is 0. The molecule has 158 valence electrons. The standard InChI is InChI=1S/C21H20Cl2N2O4S/c1-11-8-16-15(20(23)19(11)22)9-17(25(16)3)21(28)24-12(2)13-4-6-14(7-5-13)30(29)10-18(26)27/h4-9,12H,10H2,1-3H3,(H,24,28)(H,26,27). The minimum absolute atomic E-state index is 0.274. The van der Waals surface area contributed by atoms with Gasteiger partial charge in [-0.3, -0.25) is 13.8 Å². The van der Waals surface area contributed by atoms with Gasteiger partial charge in [-0.15, -0.1) is 0 Å². The van der Waals surface area contributed by atoms with Crippen LogP contribution in [0, 0.1) is 6.92 Å². The lowest BCUT2D eigenvalue weighted by atomic mass is 10.1. The molecule has 0 fully saturated rings. The van der Waals surface area contributed by atoms with E-state index in [2.05, 4.69) is 5.32 Å². The molecule has 2 atom stereocenters. The van der Waals surface area contributed by atoms with E-state index in [1.54, 1.807) is 41.9 Å². The molecule has 0 spiro atoms. The zero-order valence-electron chi connectivity index (χ0n) is 16.5. The van der Waals surface area contributed by atoms with Gasteiger partial charge in [0, 0.05) is 17.3 Å². The van der Waals surface area contributed by atoms with Gasteiger partial charge in [-0.25, -0.2) is 0 Å². The summed E-state index contributed by atoms with van der Waals surface area (Å²) in [6.45, 7) is 3.69.